The molecule has 0 amide bonds. The lowest BCUT2D eigenvalue weighted by molar-refractivity contribution is 0.120. The van der Waals surface area contributed by atoms with Gasteiger partial charge in [0, 0.05) is 17.5 Å². The van der Waals surface area contributed by atoms with Crippen LogP contribution in [0.15, 0.2) is 24.3 Å². The maximum absolute atomic E-state index is 3.75. The van der Waals surface area contributed by atoms with E-state index in [9.17, 15) is 0 Å². The molecule has 0 spiro atoms. The first-order valence-electron chi connectivity index (χ1n) is 8.17. The van der Waals surface area contributed by atoms with Crippen molar-refractivity contribution in [3.63, 3.8) is 0 Å². The molecule has 1 aliphatic carbocycles. The van der Waals surface area contributed by atoms with Crippen LogP contribution in [0.1, 0.15) is 64.5 Å². The van der Waals surface area contributed by atoms with Gasteiger partial charge in [0.2, 0.25) is 0 Å². The summed E-state index contributed by atoms with van der Waals surface area (Å²) in [5, 5.41) is 3.75. The number of hydrogen-bond donors (Lipinski definition) is 1. The van der Waals surface area contributed by atoms with E-state index >= 15 is 0 Å². The Morgan fingerprint density at radius 2 is 1.95 bits per heavy atom. The lowest BCUT2D eigenvalue weighted by Crippen LogP contribution is -2.52. The predicted molar refractivity (Wildman–Crippen MR) is 88.2 cm³/mol. The van der Waals surface area contributed by atoms with E-state index in [1.807, 2.05) is 0 Å². The third-order valence-corrected chi connectivity index (χ3v) is 4.64. The summed E-state index contributed by atoms with van der Waals surface area (Å²) in [4.78, 5) is 0. The highest BCUT2D eigenvalue weighted by Gasteiger charge is 2.45. The van der Waals surface area contributed by atoms with Gasteiger partial charge in [-0.1, -0.05) is 49.6 Å². The van der Waals surface area contributed by atoms with Crippen molar-refractivity contribution in [3.05, 3.63) is 35.4 Å². The first-order chi connectivity index (χ1) is 9.35. The van der Waals surface area contributed by atoms with Crippen LogP contribution in [0.4, 0.5) is 0 Å². The Hall–Kier alpha value is -0.820. The number of hydrogen-bond acceptors (Lipinski definition) is 1. The van der Waals surface area contributed by atoms with Gasteiger partial charge in [-0.25, -0.2) is 0 Å². The molecule has 0 heterocycles. The minimum atomic E-state index is 0.201. The van der Waals surface area contributed by atoms with Crippen LogP contribution >= 0.6 is 0 Å². The molecule has 2 rings (SSSR count). The van der Waals surface area contributed by atoms with Gasteiger partial charge in [0.15, 0.2) is 0 Å². The van der Waals surface area contributed by atoms with Crippen molar-refractivity contribution >= 4 is 0 Å². The lowest BCUT2D eigenvalue weighted by atomic mass is 9.57. The van der Waals surface area contributed by atoms with Crippen LogP contribution in [0.3, 0.4) is 0 Å². The van der Waals surface area contributed by atoms with E-state index in [0.29, 0.717) is 5.41 Å². The van der Waals surface area contributed by atoms with Gasteiger partial charge in [0.1, 0.15) is 0 Å². The van der Waals surface area contributed by atoms with Crippen LogP contribution in [0, 0.1) is 12.8 Å². The van der Waals surface area contributed by atoms with E-state index in [1.165, 1.54) is 31.2 Å². The zero-order chi connectivity index (χ0) is 14.8. The summed E-state index contributed by atoms with van der Waals surface area (Å²) in [5.41, 5.74) is 3.50. The van der Waals surface area contributed by atoms with Gasteiger partial charge in [0.05, 0.1) is 0 Å². The molecular weight excluding hydrogens is 242 g/mol. The molecule has 1 aliphatic rings. The van der Waals surface area contributed by atoms with Crippen molar-refractivity contribution in [2.24, 2.45) is 5.92 Å². The Morgan fingerprint density at radius 3 is 2.50 bits per heavy atom. The Bertz CT molecular complexity index is 435. The lowest BCUT2D eigenvalue weighted by Gasteiger charge is -2.50. The summed E-state index contributed by atoms with van der Waals surface area (Å²) in [6.45, 7) is 12.4. The highest BCUT2D eigenvalue weighted by molar-refractivity contribution is 5.33. The molecule has 20 heavy (non-hydrogen) atoms. The minimum Gasteiger partial charge on any atom is -0.311 e. The third kappa shape index (κ3) is 3.63. The summed E-state index contributed by atoms with van der Waals surface area (Å²) in [7, 11) is 0. The van der Waals surface area contributed by atoms with Gasteiger partial charge >= 0.3 is 0 Å². The fourth-order valence-corrected chi connectivity index (χ4v) is 3.55. The number of nitrogens with one attached hydrogen (secondary N) is 1. The van der Waals surface area contributed by atoms with Crippen LogP contribution < -0.4 is 5.32 Å². The van der Waals surface area contributed by atoms with Crippen molar-refractivity contribution in [1.82, 2.24) is 5.32 Å². The second kappa shape index (κ2) is 5.89. The Balaban J connectivity index is 2.14. The monoisotopic (exact) mass is 273 g/mol. The van der Waals surface area contributed by atoms with Crippen molar-refractivity contribution < 1.29 is 0 Å². The number of rotatable bonds is 5. The SMILES string of the molecule is CCCC1CC(CNC(C)(C)C)(c2cccc(C)c2)C1. The zero-order valence-corrected chi connectivity index (χ0v) is 13.9. The molecule has 0 unspecified atom stereocenters. The fraction of sp³-hybridized carbons (Fsp3) is 0.684. The van der Waals surface area contributed by atoms with E-state index < -0.39 is 0 Å². The van der Waals surface area contributed by atoms with Gasteiger partial charge < -0.3 is 5.32 Å². The largest absolute Gasteiger partial charge is 0.311 e. The summed E-state index contributed by atoms with van der Waals surface area (Å²) < 4.78 is 0. The molecule has 1 heteroatoms. The molecule has 0 aromatic heterocycles. The first-order valence-corrected chi connectivity index (χ1v) is 8.17. The fourth-order valence-electron chi connectivity index (χ4n) is 3.55. The van der Waals surface area contributed by atoms with Crippen LogP contribution in [-0.2, 0) is 5.41 Å². The summed E-state index contributed by atoms with van der Waals surface area (Å²) in [6.07, 6.45) is 5.42. The van der Waals surface area contributed by atoms with Crippen LogP contribution in [0.25, 0.3) is 0 Å². The van der Waals surface area contributed by atoms with Gasteiger partial charge in [-0.05, 0) is 52.0 Å². The molecule has 112 valence electrons. The molecule has 1 N–H and O–H groups in total. The molecular formula is C19H31N. The highest BCUT2D eigenvalue weighted by atomic mass is 15.0. The van der Waals surface area contributed by atoms with E-state index in [-0.39, 0.29) is 5.54 Å². The third-order valence-electron chi connectivity index (χ3n) is 4.64. The molecule has 1 fully saturated rings. The van der Waals surface area contributed by atoms with Crippen molar-refractivity contribution in [2.75, 3.05) is 6.54 Å². The van der Waals surface area contributed by atoms with Gasteiger partial charge in [0.25, 0.3) is 0 Å². The molecule has 0 saturated heterocycles. The smallest absolute Gasteiger partial charge is 0.00968 e. The summed E-state index contributed by atoms with van der Waals surface area (Å²) in [5.74, 6) is 0.933. The molecule has 0 radical (unpaired) electrons. The average Bonchev–Trinajstić information content (AvgIpc) is 2.31. The Morgan fingerprint density at radius 1 is 1.25 bits per heavy atom. The normalized spacial score (nSPS) is 26.4. The van der Waals surface area contributed by atoms with E-state index in [1.54, 1.807) is 5.56 Å². The van der Waals surface area contributed by atoms with Crippen LogP contribution in [-0.4, -0.2) is 12.1 Å². The molecule has 1 aromatic carbocycles. The predicted octanol–water partition coefficient (Wildman–Crippen LogP) is 4.83. The maximum Gasteiger partial charge on any atom is 0.00968 e. The highest BCUT2D eigenvalue weighted by Crippen LogP contribution is 2.49. The van der Waals surface area contributed by atoms with Gasteiger partial charge in [-0.15, -0.1) is 0 Å². The molecule has 0 atom stereocenters. The Kier molecular flexibility index (Phi) is 4.59. The maximum atomic E-state index is 3.75. The van der Waals surface area contributed by atoms with E-state index in [2.05, 4.69) is 64.2 Å². The molecule has 1 saturated carbocycles. The van der Waals surface area contributed by atoms with Gasteiger partial charge in [-0.3, -0.25) is 0 Å². The van der Waals surface area contributed by atoms with Crippen LogP contribution in [0.2, 0.25) is 0 Å². The van der Waals surface area contributed by atoms with Gasteiger partial charge in [-0.2, -0.15) is 0 Å². The summed E-state index contributed by atoms with van der Waals surface area (Å²) >= 11 is 0. The quantitative estimate of drug-likeness (QED) is 0.810. The second-order valence-electron chi connectivity index (χ2n) is 7.82. The number of aryl methyl sites for hydroxylation is 1. The van der Waals surface area contributed by atoms with Crippen LogP contribution in [0.5, 0.6) is 0 Å². The van der Waals surface area contributed by atoms with E-state index in [4.69, 9.17) is 0 Å². The molecule has 0 bridgehead atoms. The molecule has 0 aliphatic heterocycles. The standard InChI is InChI=1S/C19H31N/c1-6-8-16-12-19(13-16,14-20-18(3,4)5)17-10-7-9-15(2)11-17/h7,9-11,16,20H,6,8,12-14H2,1-5H3. The molecule has 1 nitrogen and oxygen atoms in total. The van der Waals surface area contributed by atoms with Crippen molar-refractivity contribution in [1.29, 1.82) is 0 Å². The first kappa shape index (κ1) is 15.6. The Labute approximate surface area is 125 Å². The number of benzene rings is 1. The summed E-state index contributed by atoms with van der Waals surface area (Å²) in [6, 6.07) is 9.15. The topological polar surface area (TPSA) is 12.0 Å². The minimum absolute atomic E-state index is 0.201. The van der Waals surface area contributed by atoms with E-state index in [0.717, 1.165) is 12.5 Å². The average molecular weight is 273 g/mol. The second-order valence-corrected chi connectivity index (χ2v) is 7.82. The zero-order valence-electron chi connectivity index (χ0n) is 13.9. The molecule has 1 aromatic rings. The van der Waals surface area contributed by atoms with Crippen molar-refractivity contribution in [3.8, 4) is 0 Å². The van der Waals surface area contributed by atoms with Crippen molar-refractivity contribution in [2.45, 2.75) is 71.3 Å².